The van der Waals surface area contributed by atoms with Crippen molar-refractivity contribution in [3.8, 4) is 0 Å². The molecule has 0 aromatic rings. The minimum absolute atomic E-state index is 0.196. The van der Waals surface area contributed by atoms with Crippen LogP contribution in [0.5, 0.6) is 0 Å². The van der Waals surface area contributed by atoms with Crippen molar-refractivity contribution in [3.63, 3.8) is 0 Å². The third-order valence-corrected chi connectivity index (χ3v) is 0.963. The summed E-state index contributed by atoms with van der Waals surface area (Å²) in [6.07, 6.45) is 2.39. The highest BCUT2D eigenvalue weighted by atomic mass is 35.5. The maximum absolute atomic E-state index is 5.34. The number of hydrogen-bond acceptors (Lipinski definition) is 3. The van der Waals surface area contributed by atoms with E-state index in [0.717, 1.165) is 0 Å². The van der Waals surface area contributed by atoms with E-state index in [1.54, 1.807) is 0 Å². The topological polar surface area (TPSA) is 28.0 Å². The van der Waals surface area contributed by atoms with Crippen LogP contribution >= 0.6 is 23.4 Å². The maximum atomic E-state index is 5.34. The first kappa shape index (κ1) is 5.85. The minimum Gasteiger partial charge on any atom is -0.244 e. The fourth-order valence-corrected chi connectivity index (χ4v) is 0.465. The highest BCUT2D eigenvalue weighted by Crippen LogP contribution is 1.99. The van der Waals surface area contributed by atoms with Crippen LogP contribution in [0.4, 0.5) is 0 Å². The van der Waals surface area contributed by atoms with Crippen LogP contribution in [0.3, 0.4) is 0 Å². The molecule has 1 radical (unpaired) electrons. The van der Waals surface area contributed by atoms with Gasteiger partial charge in [0.25, 0.3) is 0 Å². The van der Waals surface area contributed by atoms with Crippen LogP contribution < -0.4 is 0 Å². The Morgan fingerprint density at radius 1 is 1.75 bits per heavy atom. The zero-order valence-electron chi connectivity index (χ0n) is 3.80. The Kier molecular flexibility index (Phi) is 1.70. The molecule has 0 aromatic heterocycles. The normalized spacial score (nSPS) is 18.8. The van der Waals surface area contributed by atoms with Crippen LogP contribution in [0.2, 0.25) is 0 Å². The molecule has 0 saturated heterocycles. The lowest BCUT2D eigenvalue weighted by Gasteiger charge is -2.06. The van der Waals surface area contributed by atoms with Gasteiger partial charge in [-0.05, 0) is 11.6 Å². The Hall–Kier alpha value is -0.280. The van der Waals surface area contributed by atoms with Crippen LogP contribution in [-0.4, -0.2) is 22.7 Å². The molecule has 0 saturated carbocycles. The van der Waals surface area contributed by atoms with Crippen molar-refractivity contribution in [1.29, 1.82) is 0 Å². The summed E-state index contributed by atoms with van der Waals surface area (Å²) in [6, 6.07) is 0. The molecule has 1 aliphatic rings. The second-order valence-electron chi connectivity index (χ2n) is 1.14. The number of hydrogen-bond donors (Lipinski definition) is 0. The van der Waals surface area contributed by atoms with E-state index in [2.05, 4.69) is 16.3 Å². The third kappa shape index (κ3) is 1.35. The van der Waals surface area contributed by atoms with E-state index >= 15 is 0 Å². The Bertz CT molecular complexity index is 141. The van der Waals surface area contributed by atoms with Crippen molar-refractivity contribution in [2.45, 2.75) is 0 Å². The van der Waals surface area contributed by atoms with Gasteiger partial charge in [-0.15, -0.1) is 0 Å². The maximum Gasteiger partial charge on any atom is 0.221 e. The molecule has 1 rings (SSSR count). The molecule has 8 heavy (non-hydrogen) atoms. The van der Waals surface area contributed by atoms with Crippen molar-refractivity contribution >= 4 is 35.0 Å². The first-order valence-corrected chi connectivity index (χ1v) is 2.60. The van der Waals surface area contributed by atoms with Gasteiger partial charge in [0, 0.05) is 11.8 Å². The average molecular weight is 151 g/mol. The molecular weight excluding hydrogens is 149 g/mol. The van der Waals surface area contributed by atoms with E-state index in [0.29, 0.717) is 6.67 Å². The molecule has 0 fully saturated rings. The van der Waals surface area contributed by atoms with Crippen LogP contribution in [0.1, 0.15) is 0 Å². The van der Waals surface area contributed by atoms with Gasteiger partial charge in [0.15, 0.2) is 6.34 Å². The first-order valence-electron chi connectivity index (χ1n) is 1.88. The van der Waals surface area contributed by atoms with Crippen molar-refractivity contribution in [2.75, 3.05) is 6.67 Å². The van der Waals surface area contributed by atoms with Crippen molar-refractivity contribution < 1.29 is 0 Å². The smallest absolute Gasteiger partial charge is 0.221 e. The van der Waals surface area contributed by atoms with Gasteiger partial charge in [0.2, 0.25) is 5.29 Å². The van der Waals surface area contributed by atoms with E-state index in [9.17, 15) is 0 Å². The predicted molar refractivity (Wildman–Crippen MR) is 33.3 cm³/mol. The van der Waals surface area contributed by atoms with Gasteiger partial charge in [-0.1, -0.05) is 0 Å². The Balaban J connectivity index is 2.58. The molecular formula is C3H2Cl2N3. The minimum atomic E-state index is 0.196. The van der Waals surface area contributed by atoms with E-state index in [4.69, 9.17) is 23.4 Å². The molecule has 0 aromatic carbocycles. The molecule has 5 heteroatoms. The molecule has 0 N–H and O–H groups in total. The molecule has 0 unspecified atom stereocenters. The summed E-state index contributed by atoms with van der Waals surface area (Å²) in [7, 11) is 0. The number of amidine groups is 1. The number of aliphatic imine (C=N–C) groups is 2. The molecule has 0 aliphatic carbocycles. The fraction of sp³-hybridized carbons (Fsp3) is 0.333. The molecule has 0 bridgehead atoms. The van der Waals surface area contributed by atoms with Crippen LogP contribution in [0.15, 0.2) is 9.98 Å². The summed E-state index contributed by atoms with van der Waals surface area (Å²) in [5, 5.41) is 0.196. The van der Waals surface area contributed by atoms with Gasteiger partial charge in [0.05, 0.1) is 0 Å². The van der Waals surface area contributed by atoms with Gasteiger partial charge < -0.3 is 0 Å². The standard InChI is InChI=1S/C3H2Cl2N3/c4-3-6-1-8(5)2-7-3/h1H2. The molecule has 1 heterocycles. The van der Waals surface area contributed by atoms with Crippen molar-refractivity contribution in [2.24, 2.45) is 9.98 Å². The fourth-order valence-electron chi connectivity index (χ4n) is 0.283. The highest BCUT2D eigenvalue weighted by molar-refractivity contribution is 6.65. The van der Waals surface area contributed by atoms with Crippen LogP contribution in [0.25, 0.3) is 0 Å². The predicted octanol–water partition coefficient (Wildman–Crippen LogP) is 0.913. The van der Waals surface area contributed by atoms with Crippen molar-refractivity contribution in [3.05, 3.63) is 0 Å². The lowest BCUT2D eigenvalue weighted by atomic mass is 10.9. The second kappa shape index (κ2) is 2.33. The monoisotopic (exact) mass is 150 g/mol. The van der Waals surface area contributed by atoms with E-state index in [1.165, 1.54) is 4.42 Å². The summed E-state index contributed by atoms with van der Waals surface area (Å²) in [5.74, 6) is 0. The summed E-state index contributed by atoms with van der Waals surface area (Å²) < 4.78 is 1.19. The number of nitrogens with zero attached hydrogens (tertiary/aromatic N) is 3. The van der Waals surface area contributed by atoms with Crippen LogP contribution in [-0.2, 0) is 0 Å². The summed E-state index contributed by atoms with van der Waals surface area (Å²) in [5.41, 5.74) is 0. The second-order valence-corrected chi connectivity index (χ2v) is 1.89. The highest BCUT2D eigenvalue weighted by Gasteiger charge is 2.00. The molecule has 0 amide bonds. The zero-order chi connectivity index (χ0) is 5.98. The van der Waals surface area contributed by atoms with E-state index in [-0.39, 0.29) is 5.29 Å². The Labute approximate surface area is 56.7 Å². The van der Waals surface area contributed by atoms with Gasteiger partial charge >= 0.3 is 0 Å². The summed E-state index contributed by atoms with van der Waals surface area (Å²) in [4.78, 5) is 7.13. The number of halogens is 2. The first-order chi connectivity index (χ1) is 3.79. The SMILES string of the molecule is ClC1=NCN(Cl)[C]=N1. The quantitative estimate of drug-likeness (QED) is 0.373. The zero-order valence-corrected chi connectivity index (χ0v) is 5.32. The Morgan fingerprint density at radius 2 is 2.50 bits per heavy atom. The molecule has 3 nitrogen and oxygen atoms in total. The van der Waals surface area contributed by atoms with Crippen LogP contribution in [0, 0.1) is 0 Å². The van der Waals surface area contributed by atoms with Gasteiger partial charge in [-0.3, -0.25) is 0 Å². The molecule has 43 valence electrons. The third-order valence-electron chi connectivity index (χ3n) is 0.576. The lowest BCUT2D eigenvalue weighted by Crippen LogP contribution is -2.14. The summed E-state index contributed by atoms with van der Waals surface area (Å²) in [6.45, 7) is 0.323. The van der Waals surface area contributed by atoms with Gasteiger partial charge in [-0.25, -0.2) is 9.41 Å². The van der Waals surface area contributed by atoms with E-state index in [1.807, 2.05) is 0 Å². The largest absolute Gasteiger partial charge is 0.244 e. The summed E-state index contributed by atoms with van der Waals surface area (Å²) >= 11 is 10.7. The Morgan fingerprint density at radius 3 is 2.88 bits per heavy atom. The number of rotatable bonds is 0. The molecule has 1 aliphatic heterocycles. The lowest BCUT2D eigenvalue weighted by molar-refractivity contribution is 0.685. The van der Waals surface area contributed by atoms with E-state index < -0.39 is 0 Å². The van der Waals surface area contributed by atoms with Gasteiger partial charge in [0.1, 0.15) is 6.67 Å². The van der Waals surface area contributed by atoms with Gasteiger partial charge in [-0.2, -0.15) is 4.99 Å². The molecule has 0 spiro atoms. The average Bonchev–Trinajstić information content (AvgIpc) is 1.77. The van der Waals surface area contributed by atoms with Crippen molar-refractivity contribution in [1.82, 2.24) is 4.42 Å². The molecule has 0 atom stereocenters.